The van der Waals surface area contributed by atoms with Gasteiger partial charge in [-0.25, -0.2) is 0 Å². The van der Waals surface area contributed by atoms with Gasteiger partial charge < -0.3 is 15.0 Å². The molecule has 1 aliphatic heterocycles. The minimum atomic E-state index is 0.0587. The molecule has 0 aromatic heterocycles. The molecule has 0 bridgehead atoms. The summed E-state index contributed by atoms with van der Waals surface area (Å²) in [6, 6.07) is 13.9. The van der Waals surface area contributed by atoms with Crippen molar-refractivity contribution in [1.29, 1.82) is 0 Å². The topological polar surface area (TPSA) is 58.6 Å². The molecule has 1 fully saturated rings. The van der Waals surface area contributed by atoms with Gasteiger partial charge in [0.05, 0.1) is 6.61 Å². The SMILES string of the molecule is Cc1ccc(C(=O)N2CCC(NC(=O)CCCOc3c(C)cccc3C)CC2)cc1. The van der Waals surface area contributed by atoms with Crippen molar-refractivity contribution in [1.82, 2.24) is 10.2 Å². The molecule has 0 aliphatic carbocycles. The summed E-state index contributed by atoms with van der Waals surface area (Å²) < 4.78 is 5.87. The van der Waals surface area contributed by atoms with Gasteiger partial charge >= 0.3 is 0 Å². The van der Waals surface area contributed by atoms with Crippen LogP contribution in [0.25, 0.3) is 0 Å². The first kappa shape index (κ1) is 21.9. The molecule has 5 nitrogen and oxygen atoms in total. The van der Waals surface area contributed by atoms with Crippen LogP contribution < -0.4 is 10.1 Å². The number of rotatable bonds is 7. The molecule has 0 radical (unpaired) electrons. The number of hydrogen-bond acceptors (Lipinski definition) is 3. The van der Waals surface area contributed by atoms with Crippen molar-refractivity contribution in [3.8, 4) is 5.75 Å². The van der Waals surface area contributed by atoms with Crippen LogP contribution in [0.3, 0.4) is 0 Å². The van der Waals surface area contributed by atoms with E-state index in [4.69, 9.17) is 4.74 Å². The van der Waals surface area contributed by atoms with Crippen LogP contribution in [0.1, 0.15) is 52.7 Å². The molecule has 1 aliphatic rings. The summed E-state index contributed by atoms with van der Waals surface area (Å²) in [5.41, 5.74) is 4.11. The summed E-state index contributed by atoms with van der Waals surface area (Å²) in [4.78, 5) is 26.8. The van der Waals surface area contributed by atoms with Gasteiger partial charge in [-0.1, -0.05) is 35.9 Å². The number of carbonyl (C=O) groups excluding carboxylic acids is 2. The minimum absolute atomic E-state index is 0.0587. The van der Waals surface area contributed by atoms with E-state index in [0.29, 0.717) is 32.5 Å². The van der Waals surface area contributed by atoms with Crippen molar-refractivity contribution in [2.75, 3.05) is 19.7 Å². The Morgan fingerprint density at radius 1 is 1.00 bits per heavy atom. The molecule has 0 unspecified atom stereocenters. The Balaban J connectivity index is 1.36. The highest BCUT2D eigenvalue weighted by Crippen LogP contribution is 2.22. The maximum absolute atomic E-state index is 12.6. The molecule has 1 heterocycles. The summed E-state index contributed by atoms with van der Waals surface area (Å²) in [5.74, 6) is 1.05. The van der Waals surface area contributed by atoms with Gasteiger partial charge in [0.2, 0.25) is 5.91 Å². The van der Waals surface area contributed by atoms with Gasteiger partial charge in [0.1, 0.15) is 5.75 Å². The van der Waals surface area contributed by atoms with Crippen molar-refractivity contribution >= 4 is 11.8 Å². The highest BCUT2D eigenvalue weighted by Gasteiger charge is 2.24. The average Bonchev–Trinajstić information content (AvgIpc) is 2.73. The van der Waals surface area contributed by atoms with E-state index in [0.717, 1.165) is 40.8 Å². The fourth-order valence-electron chi connectivity index (χ4n) is 3.84. The zero-order valence-electron chi connectivity index (χ0n) is 18.2. The van der Waals surface area contributed by atoms with E-state index in [2.05, 4.69) is 5.32 Å². The first-order valence-electron chi connectivity index (χ1n) is 10.8. The Labute approximate surface area is 179 Å². The second-order valence-electron chi connectivity index (χ2n) is 8.17. The number of aryl methyl sites for hydroxylation is 3. The summed E-state index contributed by atoms with van der Waals surface area (Å²) in [5, 5.41) is 3.11. The lowest BCUT2D eigenvalue weighted by Crippen LogP contribution is -2.46. The number of hydrogen-bond donors (Lipinski definition) is 1. The molecular weight excluding hydrogens is 376 g/mol. The normalized spacial score (nSPS) is 14.4. The summed E-state index contributed by atoms with van der Waals surface area (Å²) in [6.45, 7) is 7.96. The van der Waals surface area contributed by atoms with Crippen LogP contribution >= 0.6 is 0 Å². The molecule has 160 valence electrons. The molecule has 2 amide bonds. The van der Waals surface area contributed by atoms with Crippen molar-refractivity contribution < 1.29 is 14.3 Å². The number of nitrogens with one attached hydrogen (secondary N) is 1. The van der Waals surface area contributed by atoms with E-state index in [1.54, 1.807) is 0 Å². The lowest BCUT2D eigenvalue weighted by Gasteiger charge is -2.32. The highest BCUT2D eigenvalue weighted by atomic mass is 16.5. The van der Waals surface area contributed by atoms with Crippen molar-refractivity contribution in [2.45, 2.75) is 52.5 Å². The van der Waals surface area contributed by atoms with Gasteiger partial charge in [-0.3, -0.25) is 9.59 Å². The van der Waals surface area contributed by atoms with Crippen LogP contribution in [0.15, 0.2) is 42.5 Å². The maximum atomic E-state index is 12.6. The van der Waals surface area contributed by atoms with E-state index in [1.165, 1.54) is 0 Å². The summed E-state index contributed by atoms with van der Waals surface area (Å²) in [6.07, 6.45) is 2.72. The Bertz CT molecular complexity index is 848. The van der Waals surface area contributed by atoms with E-state index in [-0.39, 0.29) is 17.9 Å². The zero-order chi connectivity index (χ0) is 21.5. The summed E-state index contributed by atoms with van der Waals surface area (Å²) in [7, 11) is 0. The van der Waals surface area contributed by atoms with Gasteiger partial charge in [0.15, 0.2) is 0 Å². The quantitative estimate of drug-likeness (QED) is 0.699. The molecule has 5 heteroatoms. The van der Waals surface area contributed by atoms with E-state index < -0.39 is 0 Å². The molecule has 0 atom stereocenters. The largest absolute Gasteiger partial charge is 0.493 e. The van der Waals surface area contributed by atoms with Crippen molar-refractivity contribution in [3.05, 3.63) is 64.7 Å². The first-order valence-corrected chi connectivity index (χ1v) is 10.8. The van der Waals surface area contributed by atoms with Gasteiger partial charge in [-0.05, 0) is 63.3 Å². The molecule has 2 aromatic rings. The maximum Gasteiger partial charge on any atom is 0.253 e. The number of carbonyl (C=O) groups is 2. The third kappa shape index (κ3) is 5.85. The Morgan fingerprint density at radius 3 is 2.27 bits per heavy atom. The molecule has 0 saturated carbocycles. The predicted octanol–water partition coefficient (Wildman–Crippen LogP) is 4.19. The number of benzene rings is 2. The van der Waals surface area contributed by atoms with Crippen LogP contribution in [0.2, 0.25) is 0 Å². The minimum Gasteiger partial charge on any atom is -0.493 e. The lowest BCUT2D eigenvalue weighted by atomic mass is 10.0. The van der Waals surface area contributed by atoms with E-state index >= 15 is 0 Å². The molecule has 1 saturated heterocycles. The number of piperidine rings is 1. The van der Waals surface area contributed by atoms with E-state index in [9.17, 15) is 9.59 Å². The predicted molar refractivity (Wildman–Crippen MR) is 119 cm³/mol. The average molecular weight is 409 g/mol. The van der Waals surface area contributed by atoms with Crippen molar-refractivity contribution in [3.63, 3.8) is 0 Å². The van der Waals surface area contributed by atoms with Gasteiger partial charge in [-0.15, -0.1) is 0 Å². The fraction of sp³-hybridized carbons (Fsp3) is 0.440. The van der Waals surface area contributed by atoms with Crippen LogP contribution in [-0.2, 0) is 4.79 Å². The van der Waals surface area contributed by atoms with Crippen molar-refractivity contribution in [2.24, 2.45) is 0 Å². The second kappa shape index (κ2) is 10.3. The Morgan fingerprint density at radius 2 is 1.63 bits per heavy atom. The third-order valence-electron chi connectivity index (χ3n) is 5.65. The van der Waals surface area contributed by atoms with Crippen LogP contribution in [-0.4, -0.2) is 42.5 Å². The van der Waals surface area contributed by atoms with Gasteiger partial charge in [0, 0.05) is 31.1 Å². The van der Waals surface area contributed by atoms with Gasteiger partial charge in [0.25, 0.3) is 5.91 Å². The summed E-state index contributed by atoms with van der Waals surface area (Å²) >= 11 is 0. The Kier molecular flexibility index (Phi) is 7.50. The molecule has 3 rings (SSSR count). The molecule has 2 aromatic carbocycles. The number of nitrogens with zero attached hydrogens (tertiary/aromatic N) is 1. The van der Waals surface area contributed by atoms with Crippen LogP contribution in [0.5, 0.6) is 5.75 Å². The van der Waals surface area contributed by atoms with Crippen LogP contribution in [0.4, 0.5) is 0 Å². The van der Waals surface area contributed by atoms with E-state index in [1.807, 2.05) is 68.1 Å². The zero-order valence-corrected chi connectivity index (χ0v) is 18.2. The third-order valence-corrected chi connectivity index (χ3v) is 5.65. The first-order chi connectivity index (χ1) is 14.4. The van der Waals surface area contributed by atoms with Gasteiger partial charge in [-0.2, -0.15) is 0 Å². The molecule has 0 spiro atoms. The highest BCUT2D eigenvalue weighted by molar-refractivity contribution is 5.94. The second-order valence-corrected chi connectivity index (χ2v) is 8.17. The number of para-hydroxylation sites is 1. The smallest absolute Gasteiger partial charge is 0.253 e. The fourth-order valence-corrected chi connectivity index (χ4v) is 3.84. The molecule has 1 N–H and O–H groups in total. The number of likely N-dealkylation sites (tertiary alicyclic amines) is 1. The number of amides is 2. The molecular formula is C25H32N2O3. The number of ether oxygens (including phenoxy) is 1. The monoisotopic (exact) mass is 408 g/mol. The van der Waals surface area contributed by atoms with Crippen LogP contribution in [0, 0.1) is 20.8 Å². The Hall–Kier alpha value is -2.82. The standard InChI is InChI=1S/C25H32N2O3/c1-18-9-11-21(12-10-18)25(29)27-15-13-22(14-16-27)26-23(28)8-5-17-30-24-19(2)6-4-7-20(24)3/h4,6-7,9-12,22H,5,8,13-17H2,1-3H3,(H,26,28). The lowest BCUT2D eigenvalue weighted by molar-refractivity contribution is -0.122. The molecule has 30 heavy (non-hydrogen) atoms.